The van der Waals surface area contributed by atoms with E-state index >= 15 is 0 Å². The highest BCUT2D eigenvalue weighted by atomic mass is 16.5. The molecule has 0 heterocycles. The van der Waals surface area contributed by atoms with Crippen LogP contribution in [-0.2, 0) is 4.74 Å². The maximum Gasteiger partial charge on any atom is 0.104 e. The Morgan fingerprint density at radius 3 is 2.28 bits per heavy atom. The van der Waals surface area contributed by atoms with E-state index < -0.39 is 5.54 Å². The van der Waals surface area contributed by atoms with E-state index in [0.717, 1.165) is 45.4 Å². The van der Waals surface area contributed by atoms with Crippen molar-refractivity contribution in [1.82, 2.24) is 5.32 Å². The molecule has 0 aromatic rings. The summed E-state index contributed by atoms with van der Waals surface area (Å²) < 4.78 is 5.62. The molecule has 3 heteroatoms. The van der Waals surface area contributed by atoms with Crippen LogP contribution >= 0.6 is 0 Å². The fourth-order valence-corrected chi connectivity index (χ4v) is 1.59. The first kappa shape index (κ1) is 17.4. The minimum atomic E-state index is -0.399. The summed E-state index contributed by atoms with van der Waals surface area (Å²) in [4.78, 5) is 0. The summed E-state index contributed by atoms with van der Waals surface area (Å²) in [5, 5.41) is 12.5. The molecular formula is C15H30N2O. The lowest BCUT2D eigenvalue weighted by Gasteiger charge is -2.23. The van der Waals surface area contributed by atoms with Gasteiger partial charge in [-0.15, -0.1) is 0 Å². The van der Waals surface area contributed by atoms with Gasteiger partial charge < -0.3 is 4.74 Å². The van der Waals surface area contributed by atoms with E-state index in [1.54, 1.807) is 0 Å². The quantitative estimate of drug-likeness (QED) is 0.640. The average Bonchev–Trinajstić information content (AvgIpc) is 2.30. The van der Waals surface area contributed by atoms with E-state index in [0.29, 0.717) is 5.41 Å². The Labute approximate surface area is 113 Å². The largest absolute Gasteiger partial charge is 0.381 e. The second-order valence-corrected chi connectivity index (χ2v) is 6.40. The van der Waals surface area contributed by atoms with Crippen LogP contribution in [0.25, 0.3) is 0 Å². The van der Waals surface area contributed by atoms with Crippen LogP contribution in [0.1, 0.15) is 60.3 Å². The van der Waals surface area contributed by atoms with Crippen LogP contribution in [0.3, 0.4) is 0 Å². The molecule has 3 nitrogen and oxygen atoms in total. The van der Waals surface area contributed by atoms with Gasteiger partial charge in [0.15, 0.2) is 0 Å². The minimum Gasteiger partial charge on any atom is -0.381 e. The number of nitrogens with zero attached hydrogens (tertiary/aromatic N) is 1. The van der Waals surface area contributed by atoms with Crippen molar-refractivity contribution in [3.8, 4) is 6.07 Å². The van der Waals surface area contributed by atoms with E-state index in [1.807, 2.05) is 6.92 Å². The molecule has 106 valence electrons. The molecule has 0 saturated heterocycles. The van der Waals surface area contributed by atoms with E-state index in [1.165, 1.54) is 0 Å². The SMILES string of the molecule is CCCNC(C)(C#N)CCCOCCC(C)(C)C. The van der Waals surface area contributed by atoms with Gasteiger partial charge >= 0.3 is 0 Å². The van der Waals surface area contributed by atoms with E-state index in [9.17, 15) is 0 Å². The van der Waals surface area contributed by atoms with Crippen LogP contribution in [0.15, 0.2) is 0 Å². The van der Waals surface area contributed by atoms with E-state index in [-0.39, 0.29) is 0 Å². The number of ether oxygens (including phenoxy) is 1. The van der Waals surface area contributed by atoms with Crippen molar-refractivity contribution in [3.63, 3.8) is 0 Å². The number of rotatable bonds is 9. The Morgan fingerprint density at radius 2 is 1.78 bits per heavy atom. The van der Waals surface area contributed by atoms with Crippen molar-refractivity contribution in [1.29, 1.82) is 5.26 Å². The third-order valence-electron chi connectivity index (χ3n) is 2.97. The van der Waals surface area contributed by atoms with E-state index in [4.69, 9.17) is 10.00 Å². The Morgan fingerprint density at radius 1 is 1.11 bits per heavy atom. The molecule has 0 radical (unpaired) electrons. The third-order valence-corrected chi connectivity index (χ3v) is 2.97. The molecule has 0 aliphatic heterocycles. The topological polar surface area (TPSA) is 45.0 Å². The van der Waals surface area contributed by atoms with Crippen molar-refractivity contribution in [3.05, 3.63) is 0 Å². The predicted octanol–water partition coefficient (Wildman–Crippen LogP) is 3.50. The van der Waals surface area contributed by atoms with Gasteiger partial charge in [-0.25, -0.2) is 0 Å². The van der Waals surface area contributed by atoms with Gasteiger partial charge in [-0.2, -0.15) is 5.26 Å². The van der Waals surface area contributed by atoms with Crippen LogP contribution in [-0.4, -0.2) is 25.3 Å². The lowest BCUT2D eigenvalue weighted by atomic mass is 9.93. The van der Waals surface area contributed by atoms with Crippen molar-refractivity contribution in [2.75, 3.05) is 19.8 Å². The Bertz CT molecular complexity index is 252. The average molecular weight is 254 g/mol. The normalized spacial score (nSPS) is 15.1. The highest BCUT2D eigenvalue weighted by molar-refractivity contribution is 5.03. The number of hydrogen-bond donors (Lipinski definition) is 1. The van der Waals surface area contributed by atoms with Gasteiger partial charge in [0, 0.05) is 13.2 Å². The molecule has 0 rings (SSSR count). The van der Waals surface area contributed by atoms with Gasteiger partial charge in [0.2, 0.25) is 0 Å². The molecule has 0 fully saturated rings. The fraction of sp³-hybridized carbons (Fsp3) is 0.933. The highest BCUT2D eigenvalue weighted by Gasteiger charge is 2.21. The summed E-state index contributed by atoms with van der Waals surface area (Å²) in [5.41, 5.74) is -0.0623. The Hall–Kier alpha value is -0.590. The van der Waals surface area contributed by atoms with Gasteiger partial charge in [0.1, 0.15) is 5.54 Å². The smallest absolute Gasteiger partial charge is 0.104 e. The lowest BCUT2D eigenvalue weighted by molar-refractivity contribution is 0.102. The third kappa shape index (κ3) is 9.44. The molecule has 1 unspecified atom stereocenters. The molecule has 0 aliphatic rings. The zero-order chi connectivity index (χ0) is 14.1. The second kappa shape index (κ2) is 8.50. The maximum absolute atomic E-state index is 9.17. The first-order valence-corrected chi connectivity index (χ1v) is 7.07. The van der Waals surface area contributed by atoms with Gasteiger partial charge in [0.05, 0.1) is 6.07 Å². The maximum atomic E-state index is 9.17. The zero-order valence-corrected chi connectivity index (χ0v) is 12.8. The van der Waals surface area contributed by atoms with Crippen molar-refractivity contribution in [2.24, 2.45) is 5.41 Å². The van der Waals surface area contributed by atoms with Gasteiger partial charge in [-0.05, 0) is 44.6 Å². The molecular weight excluding hydrogens is 224 g/mol. The van der Waals surface area contributed by atoms with Crippen molar-refractivity contribution < 1.29 is 4.74 Å². The molecule has 1 atom stereocenters. The summed E-state index contributed by atoms with van der Waals surface area (Å²) >= 11 is 0. The first-order chi connectivity index (χ1) is 8.33. The summed E-state index contributed by atoms with van der Waals surface area (Å²) in [7, 11) is 0. The number of nitriles is 1. The molecule has 0 aromatic heterocycles. The summed E-state index contributed by atoms with van der Waals surface area (Å²) in [6.45, 7) is 13.2. The van der Waals surface area contributed by atoms with Gasteiger partial charge in [0.25, 0.3) is 0 Å². The van der Waals surface area contributed by atoms with Crippen molar-refractivity contribution in [2.45, 2.75) is 65.8 Å². The first-order valence-electron chi connectivity index (χ1n) is 7.07. The predicted molar refractivity (Wildman–Crippen MR) is 76.4 cm³/mol. The summed E-state index contributed by atoms with van der Waals surface area (Å²) in [5.74, 6) is 0. The van der Waals surface area contributed by atoms with Crippen LogP contribution < -0.4 is 5.32 Å². The van der Waals surface area contributed by atoms with Crippen LogP contribution in [0.2, 0.25) is 0 Å². The summed E-state index contributed by atoms with van der Waals surface area (Å²) in [6.07, 6.45) is 3.92. The molecule has 0 aliphatic carbocycles. The monoisotopic (exact) mass is 254 g/mol. The second-order valence-electron chi connectivity index (χ2n) is 6.40. The molecule has 0 amide bonds. The van der Waals surface area contributed by atoms with Gasteiger partial charge in [-0.1, -0.05) is 27.7 Å². The highest BCUT2D eigenvalue weighted by Crippen LogP contribution is 2.18. The standard InChI is InChI=1S/C15H30N2O/c1-6-10-17-15(5,13-16)8-7-11-18-12-9-14(2,3)4/h17H,6-12H2,1-5H3. The molecule has 0 bridgehead atoms. The molecule has 18 heavy (non-hydrogen) atoms. The Balaban J connectivity index is 3.66. The van der Waals surface area contributed by atoms with Crippen LogP contribution in [0.4, 0.5) is 0 Å². The lowest BCUT2D eigenvalue weighted by Crippen LogP contribution is -2.41. The molecule has 0 spiro atoms. The number of hydrogen-bond acceptors (Lipinski definition) is 3. The molecule has 0 aromatic carbocycles. The molecule has 0 saturated carbocycles. The summed E-state index contributed by atoms with van der Waals surface area (Å²) in [6, 6.07) is 2.36. The van der Waals surface area contributed by atoms with E-state index in [2.05, 4.69) is 39.1 Å². The Kier molecular flexibility index (Phi) is 8.22. The van der Waals surface area contributed by atoms with Gasteiger partial charge in [-0.3, -0.25) is 5.32 Å². The number of nitrogens with one attached hydrogen (secondary N) is 1. The fourth-order valence-electron chi connectivity index (χ4n) is 1.59. The molecule has 1 N–H and O–H groups in total. The van der Waals surface area contributed by atoms with Crippen molar-refractivity contribution >= 4 is 0 Å². The van der Waals surface area contributed by atoms with Crippen LogP contribution in [0.5, 0.6) is 0 Å². The minimum absolute atomic E-state index is 0.337. The van der Waals surface area contributed by atoms with Crippen LogP contribution in [0, 0.1) is 16.7 Å². The zero-order valence-electron chi connectivity index (χ0n) is 12.8.